The van der Waals surface area contributed by atoms with Crippen molar-refractivity contribution in [2.24, 2.45) is 5.92 Å². The van der Waals surface area contributed by atoms with Gasteiger partial charge in [-0.25, -0.2) is 0 Å². The van der Waals surface area contributed by atoms with Gasteiger partial charge in [0.15, 0.2) is 0 Å². The fourth-order valence-corrected chi connectivity index (χ4v) is 1.82. The lowest BCUT2D eigenvalue weighted by atomic mass is 10.00. The van der Waals surface area contributed by atoms with Gasteiger partial charge in [0, 0.05) is 17.6 Å². The second-order valence-corrected chi connectivity index (χ2v) is 6.47. The van der Waals surface area contributed by atoms with Crippen molar-refractivity contribution in [3.63, 3.8) is 0 Å². The van der Waals surface area contributed by atoms with Crippen LogP contribution in [0.5, 0.6) is 0 Å². The van der Waals surface area contributed by atoms with Crippen molar-refractivity contribution in [1.82, 2.24) is 10.2 Å². The summed E-state index contributed by atoms with van der Waals surface area (Å²) in [7, 11) is 2.16. The SMILES string of the molecule is CCC(C)(C)N(C)Cc1cc(CNCC(C)C)co1. The van der Waals surface area contributed by atoms with Crippen molar-refractivity contribution in [2.75, 3.05) is 13.6 Å². The van der Waals surface area contributed by atoms with Crippen LogP contribution in [-0.2, 0) is 13.1 Å². The smallest absolute Gasteiger partial charge is 0.118 e. The third-order valence-corrected chi connectivity index (χ3v) is 3.88. The summed E-state index contributed by atoms with van der Waals surface area (Å²) in [6, 6.07) is 2.16. The highest BCUT2D eigenvalue weighted by molar-refractivity contribution is 5.12. The molecule has 1 rings (SSSR count). The van der Waals surface area contributed by atoms with Gasteiger partial charge in [-0.05, 0) is 45.8 Å². The van der Waals surface area contributed by atoms with Crippen molar-refractivity contribution in [1.29, 1.82) is 0 Å². The van der Waals surface area contributed by atoms with E-state index < -0.39 is 0 Å². The van der Waals surface area contributed by atoms with Gasteiger partial charge in [-0.2, -0.15) is 0 Å². The topological polar surface area (TPSA) is 28.4 Å². The summed E-state index contributed by atoms with van der Waals surface area (Å²) >= 11 is 0. The molecule has 0 spiro atoms. The second kappa shape index (κ2) is 7.11. The van der Waals surface area contributed by atoms with Gasteiger partial charge in [-0.1, -0.05) is 20.8 Å². The summed E-state index contributed by atoms with van der Waals surface area (Å²) in [6.45, 7) is 14.0. The van der Waals surface area contributed by atoms with Gasteiger partial charge in [-0.15, -0.1) is 0 Å². The first-order chi connectivity index (χ1) is 8.85. The zero-order valence-corrected chi connectivity index (χ0v) is 13.4. The molecule has 0 atom stereocenters. The van der Waals surface area contributed by atoms with E-state index in [9.17, 15) is 0 Å². The molecule has 1 heterocycles. The number of nitrogens with zero attached hydrogens (tertiary/aromatic N) is 1. The molecule has 19 heavy (non-hydrogen) atoms. The summed E-state index contributed by atoms with van der Waals surface area (Å²) in [5.41, 5.74) is 1.45. The first kappa shape index (κ1) is 16.3. The van der Waals surface area contributed by atoms with E-state index in [2.05, 4.69) is 57.9 Å². The van der Waals surface area contributed by atoms with Gasteiger partial charge >= 0.3 is 0 Å². The van der Waals surface area contributed by atoms with Crippen molar-refractivity contribution >= 4 is 0 Å². The average molecular weight is 266 g/mol. The van der Waals surface area contributed by atoms with E-state index in [1.165, 1.54) is 5.56 Å². The first-order valence-corrected chi connectivity index (χ1v) is 7.33. The van der Waals surface area contributed by atoms with Crippen LogP contribution in [0.2, 0.25) is 0 Å². The number of nitrogens with one attached hydrogen (secondary N) is 1. The van der Waals surface area contributed by atoms with Crippen LogP contribution in [0, 0.1) is 5.92 Å². The minimum Gasteiger partial charge on any atom is -0.468 e. The van der Waals surface area contributed by atoms with Gasteiger partial charge in [0.25, 0.3) is 0 Å². The summed E-state index contributed by atoms with van der Waals surface area (Å²) < 4.78 is 5.65. The van der Waals surface area contributed by atoms with Crippen LogP contribution in [0.1, 0.15) is 52.4 Å². The second-order valence-electron chi connectivity index (χ2n) is 6.47. The molecular formula is C16H30N2O. The molecule has 0 aliphatic carbocycles. The third kappa shape index (κ3) is 5.37. The molecule has 3 heteroatoms. The van der Waals surface area contributed by atoms with Crippen molar-refractivity contribution in [3.05, 3.63) is 23.7 Å². The molecule has 0 unspecified atom stereocenters. The van der Waals surface area contributed by atoms with Gasteiger partial charge in [0.2, 0.25) is 0 Å². The summed E-state index contributed by atoms with van der Waals surface area (Å²) in [6.07, 6.45) is 3.00. The lowest BCUT2D eigenvalue weighted by Crippen LogP contribution is -2.39. The summed E-state index contributed by atoms with van der Waals surface area (Å²) in [5, 5.41) is 3.44. The van der Waals surface area contributed by atoms with Crippen molar-refractivity contribution in [2.45, 2.75) is 59.7 Å². The maximum atomic E-state index is 5.65. The molecule has 1 N–H and O–H groups in total. The Morgan fingerprint density at radius 1 is 1.37 bits per heavy atom. The highest BCUT2D eigenvalue weighted by Crippen LogP contribution is 2.20. The van der Waals surface area contributed by atoms with E-state index in [0.717, 1.165) is 31.8 Å². The van der Waals surface area contributed by atoms with Gasteiger partial charge in [0.05, 0.1) is 12.8 Å². The molecule has 0 aliphatic rings. The Hall–Kier alpha value is -0.800. The molecule has 3 nitrogen and oxygen atoms in total. The van der Waals surface area contributed by atoms with Gasteiger partial charge < -0.3 is 9.73 Å². The number of hydrogen-bond donors (Lipinski definition) is 1. The van der Waals surface area contributed by atoms with Crippen molar-refractivity contribution < 1.29 is 4.42 Å². The zero-order chi connectivity index (χ0) is 14.5. The van der Waals surface area contributed by atoms with Crippen LogP contribution in [-0.4, -0.2) is 24.0 Å². The number of hydrogen-bond acceptors (Lipinski definition) is 3. The maximum Gasteiger partial charge on any atom is 0.118 e. The molecule has 0 radical (unpaired) electrons. The summed E-state index contributed by atoms with van der Waals surface area (Å²) in [4.78, 5) is 2.34. The molecule has 0 aromatic carbocycles. The monoisotopic (exact) mass is 266 g/mol. The fraction of sp³-hybridized carbons (Fsp3) is 0.750. The van der Waals surface area contributed by atoms with E-state index >= 15 is 0 Å². The Morgan fingerprint density at radius 2 is 2.05 bits per heavy atom. The molecule has 0 bridgehead atoms. The summed E-state index contributed by atoms with van der Waals surface area (Å²) in [5.74, 6) is 1.73. The fourth-order valence-electron chi connectivity index (χ4n) is 1.82. The van der Waals surface area contributed by atoms with E-state index in [-0.39, 0.29) is 5.54 Å². The lowest BCUT2D eigenvalue weighted by Gasteiger charge is -2.34. The minimum absolute atomic E-state index is 0.211. The lowest BCUT2D eigenvalue weighted by molar-refractivity contribution is 0.133. The van der Waals surface area contributed by atoms with Crippen LogP contribution in [0.25, 0.3) is 0 Å². The molecule has 0 amide bonds. The first-order valence-electron chi connectivity index (χ1n) is 7.33. The Balaban J connectivity index is 2.46. The molecule has 0 saturated heterocycles. The van der Waals surface area contributed by atoms with E-state index in [1.54, 1.807) is 0 Å². The maximum absolute atomic E-state index is 5.65. The Kier molecular flexibility index (Phi) is 6.08. The Labute approximate surface area is 118 Å². The van der Waals surface area contributed by atoms with Crippen LogP contribution in [0.4, 0.5) is 0 Å². The van der Waals surface area contributed by atoms with Crippen molar-refractivity contribution in [3.8, 4) is 0 Å². The van der Waals surface area contributed by atoms with E-state index in [0.29, 0.717) is 5.92 Å². The number of furan rings is 1. The zero-order valence-electron chi connectivity index (χ0n) is 13.4. The van der Waals surface area contributed by atoms with Gasteiger partial charge in [0.1, 0.15) is 5.76 Å². The molecular weight excluding hydrogens is 236 g/mol. The molecule has 1 aromatic rings. The predicted molar refractivity (Wildman–Crippen MR) is 81.1 cm³/mol. The molecule has 110 valence electrons. The Bertz CT molecular complexity index is 369. The molecule has 0 fully saturated rings. The quantitative estimate of drug-likeness (QED) is 0.778. The number of rotatable bonds is 8. The highest BCUT2D eigenvalue weighted by Gasteiger charge is 2.21. The van der Waals surface area contributed by atoms with Crippen LogP contribution >= 0.6 is 0 Å². The minimum atomic E-state index is 0.211. The van der Waals surface area contributed by atoms with Crippen LogP contribution in [0.3, 0.4) is 0 Å². The molecule has 1 aromatic heterocycles. The molecule has 0 saturated carbocycles. The largest absolute Gasteiger partial charge is 0.468 e. The average Bonchev–Trinajstić information content (AvgIpc) is 2.76. The van der Waals surface area contributed by atoms with Gasteiger partial charge in [-0.3, -0.25) is 4.90 Å². The standard InChI is InChI=1S/C16H30N2O/c1-7-16(4,5)18(6)11-15-8-14(12-19-15)10-17-9-13(2)3/h8,12-13,17H,7,9-11H2,1-6H3. The Morgan fingerprint density at radius 3 is 2.63 bits per heavy atom. The van der Waals surface area contributed by atoms with E-state index in [4.69, 9.17) is 4.42 Å². The molecule has 0 aliphatic heterocycles. The van der Waals surface area contributed by atoms with E-state index in [1.807, 2.05) is 6.26 Å². The highest BCUT2D eigenvalue weighted by atomic mass is 16.3. The third-order valence-electron chi connectivity index (χ3n) is 3.88. The van der Waals surface area contributed by atoms with Crippen LogP contribution in [0.15, 0.2) is 16.7 Å². The van der Waals surface area contributed by atoms with Crippen LogP contribution < -0.4 is 5.32 Å². The predicted octanol–water partition coefficient (Wildman–Crippen LogP) is 3.65. The normalized spacial score (nSPS) is 12.6.